The van der Waals surface area contributed by atoms with Gasteiger partial charge in [-0.05, 0) is 6.20 Å². The third kappa shape index (κ3) is 5.46. The van der Waals surface area contributed by atoms with Crippen molar-refractivity contribution in [2.75, 3.05) is 19.7 Å². The molecule has 0 atom stereocenters. The van der Waals surface area contributed by atoms with Gasteiger partial charge in [0.15, 0.2) is 0 Å². The van der Waals surface area contributed by atoms with E-state index in [0.29, 0.717) is 13.1 Å². The molecule has 0 aliphatic heterocycles. The summed E-state index contributed by atoms with van der Waals surface area (Å²) >= 11 is 0. The Morgan fingerprint density at radius 2 is 2.38 bits per heavy atom. The molecule has 0 spiro atoms. The quantitative estimate of drug-likeness (QED) is 0.415. The molecule has 0 aromatic carbocycles. The zero-order valence-corrected chi connectivity index (χ0v) is 4.80. The van der Waals surface area contributed by atoms with Gasteiger partial charge in [-0.1, -0.05) is 6.08 Å². The van der Waals surface area contributed by atoms with Gasteiger partial charge in [-0.15, -0.1) is 0 Å². The maximum absolute atomic E-state index is 8.24. The van der Waals surface area contributed by atoms with Crippen LogP contribution in [-0.2, 0) is 0 Å². The fraction of sp³-hybridized carbons (Fsp3) is 0.600. The zero-order valence-electron chi connectivity index (χ0n) is 4.80. The molecule has 0 rings (SSSR count). The Bertz CT molecular complexity index is 63.4. The molecule has 0 saturated carbocycles. The highest BCUT2D eigenvalue weighted by atomic mass is 16.3. The highest BCUT2D eigenvalue weighted by Crippen LogP contribution is 1.60. The van der Waals surface area contributed by atoms with Gasteiger partial charge in [0.1, 0.15) is 0 Å². The summed E-state index contributed by atoms with van der Waals surface area (Å²) in [5.41, 5.74) is 5.12. The van der Waals surface area contributed by atoms with Gasteiger partial charge in [0.05, 0.1) is 6.61 Å². The molecule has 4 N–H and O–H groups in total. The van der Waals surface area contributed by atoms with Crippen LogP contribution in [0.1, 0.15) is 0 Å². The Morgan fingerprint density at radius 1 is 1.62 bits per heavy atom. The number of nitrogens with two attached hydrogens (primary N) is 1. The molecule has 3 nitrogen and oxygen atoms in total. The van der Waals surface area contributed by atoms with Crippen LogP contribution in [0.15, 0.2) is 12.3 Å². The van der Waals surface area contributed by atoms with Gasteiger partial charge >= 0.3 is 0 Å². The maximum atomic E-state index is 8.24. The fourth-order valence-electron chi connectivity index (χ4n) is 0.299. The van der Waals surface area contributed by atoms with Crippen molar-refractivity contribution in [3.63, 3.8) is 0 Å². The molecule has 0 saturated heterocycles. The number of aliphatic hydroxyl groups excluding tert-OH is 1. The van der Waals surface area contributed by atoms with Gasteiger partial charge in [0.25, 0.3) is 0 Å². The third-order valence-corrected chi connectivity index (χ3v) is 0.628. The van der Waals surface area contributed by atoms with E-state index in [4.69, 9.17) is 10.8 Å². The van der Waals surface area contributed by atoms with Crippen LogP contribution in [0.2, 0.25) is 0 Å². The van der Waals surface area contributed by atoms with E-state index in [1.54, 1.807) is 12.3 Å². The van der Waals surface area contributed by atoms with Crippen molar-refractivity contribution in [1.82, 2.24) is 5.32 Å². The normalized spacial score (nSPS) is 10.2. The lowest BCUT2D eigenvalue weighted by Gasteiger charge is -1.91. The van der Waals surface area contributed by atoms with E-state index in [0.717, 1.165) is 0 Å². The van der Waals surface area contributed by atoms with Crippen LogP contribution in [-0.4, -0.2) is 24.8 Å². The summed E-state index contributed by atoms with van der Waals surface area (Å²) in [7, 11) is 0. The molecule has 0 aliphatic rings. The molecule has 0 aromatic rings. The predicted molar refractivity (Wildman–Crippen MR) is 33.3 cm³/mol. The number of hydrogen-bond acceptors (Lipinski definition) is 3. The summed E-state index contributed by atoms with van der Waals surface area (Å²) in [5, 5.41) is 11.1. The van der Waals surface area contributed by atoms with Gasteiger partial charge in [-0.25, -0.2) is 0 Å². The van der Waals surface area contributed by atoms with Gasteiger partial charge in [0.2, 0.25) is 0 Å². The first-order valence-electron chi connectivity index (χ1n) is 2.61. The highest BCUT2D eigenvalue weighted by molar-refractivity contribution is 4.79. The second-order valence-electron chi connectivity index (χ2n) is 1.32. The molecule has 0 fully saturated rings. The van der Waals surface area contributed by atoms with E-state index in [1.165, 1.54) is 0 Å². The molecule has 0 bridgehead atoms. The van der Waals surface area contributed by atoms with Crippen LogP contribution in [0.3, 0.4) is 0 Å². The molecule has 0 amide bonds. The van der Waals surface area contributed by atoms with Crippen molar-refractivity contribution in [2.45, 2.75) is 0 Å². The fourth-order valence-corrected chi connectivity index (χ4v) is 0.299. The summed E-state index contributed by atoms with van der Waals surface area (Å²) in [5.74, 6) is 0. The van der Waals surface area contributed by atoms with Crippen molar-refractivity contribution >= 4 is 0 Å². The highest BCUT2D eigenvalue weighted by Gasteiger charge is 1.71. The molecular weight excluding hydrogens is 104 g/mol. The van der Waals surface area contributed by atoms with Crippen molar-refractivity contribution < 1.29 is 5.11 Å². The van der Waals surface area contributed by atoms with Crippen LogP contribution in [0.4, 0.5) is 0 Å². The number of nitrogens with one attached hydrogen (secondary N) is 1. The van der Waals surface area contributed by atoms with Crippen molar-refractivity contribution in [1.29, 1.82) is 0 Å². The smallest absolute Gasteiger partial charge is 0.0603 e. The SMILES string of the molecule is NC/C=C\NCCO. The Balaban J connectivity index is 2.80. The molecule has 0 heterocycles. The molecular formula is C5H12N2O. The molecule has 0 unspecified atom stereocenters. The first-order valence-corrected chi connectivity index (χ1v) is 2.61. The van der Waals surface area contributed by atoms with Crippen LogP contribution < -0.4 is 11.1 Å². The summed E-state index contributed by atoms with van der Waals surface area (Å²) in [4.78, 5) is 0. The van der Waals surface area contributed by atoms with Crippen LogP contribution in [0.5, 0.6) is 0 Å². The lowest BCUT2D eigenvalue weighted by molar-refractivity contribution is 0.298. The largest absolute Gasteiger partial charge is 0.395 e. The molecule has 0 aliphatic carbocycles. The monoisotopic (exact) mass is 116 g/mol. The van der Waals surface area contributed by atoms with E-state index in [1.807, 2.05) is 0 Å². The van der Waals surface area contributed by atoms with Gasteiger partial charge in [0, 0.05) is 13.1 Å². The lowest BCUT2D eigenvalue weighted by Crippen LogP contribution is -2.11. The van der Waals surface area contributed by atoms with Gasteiger partial charge in [-0.3, -0.25) is 0 Å². The Hall–Kier alpha value is -0.540. The topological polar surface area (TPSA) is 58.3 Å². The van der Waals surface area contributed by atoms with Crippen LogP contribution in [0.25, 0.3) is 0 Å². The molecule has 0 radical (unpaired) electrons. The number of hydrogen-bond donors (Lipinski definition) is 3. The minimum Gasteiger partial charge on any atom is -0.395 e. The van der Waals surface area contributed by atoms with Crippen molar-refractivity contribution in [3.05, 3.63) is 12.3 Å². The molecule has 48 valence electrons. The summed E-state index contributed by atoms with van der Waals surface area (Å²) < 4.78 is 0. The lowest BCUT2D eigenvalue weighted by atomic mass is 10.6. The molecule has 3 heteroatoms. The van der Waals surface area contributed by atoms with Gasteiger partial charge in [-0.2, -0.15) is 0 Å². The third-order valence-electron chi connectivity index (χ3n) is 0.628. The summed E-state index contributed by atoms with van der Waals surface area (Å²) in [6.45, 7) is 1.30. The standard InChI is InChI=1S/C5H12N2O/c6-2-1-3-7-4-5-8/h1,3,7-8H,2,4-6H2/b3-1-. The second kappa shape index (κ2) is 6.46. The van der Waals surface area contributed by atoms with Gasteiger partial charge < -0.3 is 16.2 Å². The van der Waals surface area contributed by atoms with E-state index in [2.05, 4.69) is 5.32 Å². The van der Waals surface area contributed by atoms with E-state index in [-0.39, 0.29) is 6.61 Å². The number of rotatable bonds is 4. The van der Waals surface area contributed by atoms with Crippen LogP contribution >= 0.6 is 0 Å². The summed E-state index contributed by atoms with van der Waals surface area (Å²) in [6, 6.07) is 0. The van der Waals surface area contributed by atoms with E-state index < -0.39 is 0 Å². The minimum atomic E-state index is 0.162. The Labute approximate surface area is 49.2 Å². The summed E-state index contributed by atoms with van der Waals surface area (Å²) in [6.07, 6.45) is 3.52. The second-order valence-corrected chi connectivity index (χ2v) is 1.32. The maximum Gasteiger partial charge on any atom is 0.0603 e. The van der Waals surface area contributed by atoms with Crippen LogP contribution in [0, 0.1) is 0 Å². The molecule has 0 aromatic heterocycles. The minimum absolute atomic E-state index is 0.162. The predicted octanol–water partition coefficient (Wildman–Crippen LogP) is -0.959. The Kier molecular flexibility index (Phi) is 6.02. The Morgan fingerprint density at radius 3 is 2.88 bits per heavy atom. The average Bonchev–Trinajstić information content (AvgIpc) is 1.81. The molecule has 8 heavy (non-hydrogen) atoms. The number of aliphatic hydroxyl groups is 1. The average molecular weight is 116 g/mol. The van der Waals surface area contributed by atoms with Crippen molar-refractivity contribution in [3.8, 4) is 0 Å². The van der Waals surface area contributed by atoms with Crippen molar-refractivity contribution in [2.24, 2.45) is 5.73 Å². The van der Waals surface area contributed by atoms with E-state index in [9.17, 15) is 0 Å². The first-order chi connectivity index (χ1) is 3.91. The zero-order chi connectivity index (χ0) is 6.24. The first kappa shape index (κ1) is 7.46. The van der Waals surface area contributed by atoms with E-state index >= 15 is 0 Å².